The zero-order chi connectivity index (χ0) is 13.8. The van der Waals surface area contributed by atoms with Gasteiger partial charge in [0.2, 0.25) is 0 Å². The second kappa shape index (κ2) is 6.12. The van der Waals surface area contributed by atoms with Crippen molar-refractivity contribution in [3.63, 3.8) is 0 Å². The Labute approximate surface area is 113 Å². The van der Waals surface area contributed by atoms with E-state index in [4.69, 9.17) is 4.74 Å². The Morgan fingerprint density at radius 3 is 2.89 bits per heavy atom. The van der Waals surface area contributed by atoms with E-state index in [-0.39, 0.29) is 10.6 Å². The molecule has 2 unspecified atom stereocenters. The van der Waals surface area contributed by atoms with Crippen molar-refractivity contribution in [1.82, 2.24) is 5.32 Å². The Hall–Kier alpha value is -1.46. The molecule has 1 aromatic rings. The molecule has 1 aliphatic rings. The first-order valence-corrected chi connectivity index (χ1v) is 6.60. The van der Waals surface area contributed by atoms with Gasteiger partial charge in [-0.15, -0.1) is 0 Å². The van der Waals surface area contributed by atoms with E-state index < -0.39 is 0 Å². The fraction of sp³-hybridized carbons (Fsp3) is 0.571. The van der Waals surface area contributed by atoms with Crippen LogP contribution in [-0.2, 0) is 11.3 Å². The van der Waals surface area contributed by atoms with Crippen molar-refractivity contribution in [3.05, 3.63) is 39.4 Å². The van der Waals surface area contributed by atoms with Crippen molar-refractivity contribution in [2.24, 2.45) is 0 Å². The van der Waals surface area contributed by atoms with Gasteiger partial charge in [0.15, 0.2) is 0 Å². The molecule has 0 saturated heterocycles. The average molecular weight is 264 g/mol. The summed E-state index contributed by atoms with van der Waals surface area (Å²) in [7, 11) is 1.75. The minimum Gasteiger partial charge on any atom is -0.381 e. The van der Waals surface area contributed by atoms with Crippen LogP contribution in [-0.4, -0.2) is 24.2 Å². The van der Waals surface area contributed by atoms with Gasteiger partial charge < -0.3 is 10.1 Å². The van der Waals surface area contributed by atoms with Crippen molar-refractivity contribution in [1.29, 1.82) is 0 Å². The number of rotatable bonds is 5. The van der Waals surface area contributed by atoms with Gasteiger partial charge in [-0.2, -0.15) is 0 Å². The van der Waals surface area contributed by atoms with Gasteiger partial charge in [-0.25, -0.2) is 0 Å². The van der Waals surface area contributed by atoms with Crippen LogP contribution in [0.15, 0.2) is 18.2 Å². The van der Waals surface area contributed by atoms with Gasteiger partial charge in [0.05, 0.1) is 11.0 Å². The maximum atomic E-state index is 10.9. The fourth-order valence-electron chi connectivity index (χ4n) is 2.56. The summed E-state index contributed by atoms with van der Waals surface area (Å²) in [6, 6.07) is 5.86. The van der Waals surface area contributed by atoms with E-state index in [0.717, 1.165) is 24.8 Å². The van der Waals surface area contributed by atoms with Crippen molar-refractivity contribution in [2.75, 3.05) is 7.11 Å². The van der Waals surface area contributed by atoms with Gasteiger partial charge >= 0.3 is 0 Å². The molecule has 0 bridgehead atoms. The molecule has 1 fully saturated rings. The molecule has 1 aromatic carbocycles. The summed E-state index contributed by atoms with van der Waals surface area (Å²) >= 11 is 0. The second-order valence-corrected chi connectivity index (χ2v) is 5.13. The van der Waals surface area contributed by atoms with Crippen LogP contribution in [0.3, 0.4) is 0 Å². The molecule has 1 aliphatic carbocycles. The first-order chi connectivity index (χ1) is 9.10. The van der Waals surface area contributed by atoms with Gasteiger partial charge in [0, 0.05) is 31.3 Å². The zero-order valence-corrected chi connectivity index (χ0v) is 11.4. The summed E-state index contributed by atoms with van der Waals surface area (Å²) in [5, 5.41) is 14.3. The highest BCUT2D eigenvalue weighted by Crippen LogP contribution is 2.23. The van der Waals surface area contributed by atoms with Crippen molar-refractivity contribution >= 4 is 5.69 Å². The molecule has 0 aliphatic heterocycles. The molecular formula is C14H20N2O3. The lowest BCUT2D eigenvalue weighted by Gasteiger charge is -2.13. The van der Waals surface area contributed by atoms with Crippen molar-refractivity contribution in [3.8, 4) is 0 Å². The van der Waals surface area contributed by atoms with Crippen LogP contribution < -0.4 is 5.32 Å². The third-order valence-corrected chi connectivity index (χ3v) is 3.78. The zero-order valence-electron chi connectivity index (χ0n) is 11.4. The summed E-state index contributed by atoms with van der Waals surface area (Å²) in [6.07, 6.45) is 3.56. The molecule has 1 saturated carbocycles. The van der Waals surface area contributed by atoms with Crippen molar-refractivity contribution < 1.29 is 9.66 Å². The number of methoxy groups -OCH3 is 1. The molecule has 19 heavy (non-hydrogen) atoms. The van der Waals surface area contributed by atoms with Crippen LogP contribution in [0.2, 0.25) is 0 Å². The van der Waals surface area contributed by atoms with Crippen LogP contribution in [0, 0.1) is 17.0 Å². The molecule has 0 amide bonds. The maximum absolute atomic E-state index is 10.9. The van der Waals surface area contributed by atoms with Crippen molar-refractivity contribution in [2.45, 2.75) is 44.9 Å². The molecule has 5 heteroatoms. The number of nitro groups is 1. The molecule has 104 valence electrons. The molecule has 2 atom stereocenters. The van der Waals surface area contributed by atoms with E-state index in [2.05, 4.69) is 5.32 Å². The summed E-state index contributed by atoms with van der Waals surface area (Å²) in [5.74, 6) is 0. The third-order valence-electron chi connectivity index (χ3n) is 3.78. The third kappa shape index (κ3) is 3.52. The summed E-state index contributed by atoms with van der Waals surface area (Å²) in [6.45, 7) is 2.43. The van der Waals surface area contributed by atoms with Crippen LogP contribution in [0.25, 0.3) is 0 Å². The highest BCUT2D eigenvalue weighted by molar-refractivity contribution is 5.42. The van der Waals surface area contributed by atoms with E-state index in [1.54, 1.807) is 20.1 Å². The number of benzene rings is 1. The molecule has 2 rings (SSSR count). The Bertz CT molecular complexity index is 462. The minimum atomic E-state index is -0.324. The number of nitro benzene ring substituents is 1. The van der Waals surface area contributed by atoms with E-state index in [9.17, 15) is 10.1 Å². The first-order valence-electron chi connectivity index (χ1n) is 6.60. The lowest BCUT2D eigenvalue weighted by atomic mass is 10.1. The van der Waals surface area contributed by atoms with E-state index in [0.29, 0.717) is 24.3 Å². The number of hydrogen-bond acceptors (Lipinski definition) is 4. The highest BCUT2D eigenvalue weighted by Gasteiger charge is 2.23. The lowest BCUT2D eigenvalue weighted by Crippen LogP contribution is -2.26. The molecule has 5 nitrogen and oxygen atoms in total. The number of hydrogen-bond donors (Lipinski definition) is 1. The maximum Gasteiger partial charge on any atom is 0.272 e. The topological polar surface area (TPSA) is 64.4 Å². The van der Waals surface area contributed by atoms with Gasteiger partial charge in [0.1, 0.15) is 0 Å². The van der Waals surface area contributed by atoms with Gasteiger partial charge in [-0.3, -0.25) is 10.1 Å². The standard InChI is InChI=1S/C14H20N2O3/c1-10-3-4-11(7-14(10)16(17)18)9-15-12-5-6-13(8-12)19-2/h3-4,7,12-13,15H,5-6,8-9H2,1-2H3. The molecule has 0 spiro atoms. The lowest BCUT2D eigenvalue weighted by molar-refractivity contribution is -0.385. The van der Waals surface area contributed by atoms with Crippen LogP contribution in [0.4, 0.5) is 5.69 Å². The van der Waals surface area contributed by atoms with E-state index >= 15 is 0 Å². The van der Waals surface area contributed by atoms with Crippen LogP contribution >= 0.6 is 0 Å². The predicted octanol–water partition coefficient (Wildman–Crippen LogP) is 2.56. The van der Waals surface area contributed by atoms with Gasteiger partial charge in [-0.05, 0) is 31.7 Å². The quantitative estimate of drug-likeness (QED) is 0.655. The number of nitrogens with zero attached hydrogens (tertiary/aromatic N) is 1. The molecule has 1 N–H and O–H groups in total. The number of nitrogens with one attached hydrogen (secondary N) is 1. The Morgan fingerprint density at radius 1 is 1.47 bits per heavy atom. The minimum absolute atomic E-state index is 0.195. The summed E-state index contributed by atoms with van der Waals surface area (Å²) < 4.78 is 5.33. The largest absolute Gasteiger partial charge is 0.381 e. The summed E-state index contributed by atoms with van der Waals surface area (Å²) in [5.41, 5.74) is 1.85. The van der Waals surface area contributed by atoms with E-state index in [1.165, 1.54) is 0 Å². The molecular weight excluding hydrogens is 244 g/mol. The van der Waals surface area contributed by atoms with E-state index in [1.807, 2.05) is 12.1 Å². The molecule has 0 aromatic heterocycles. The number of ether oxygens (including phenoxy) is 1. The first kappa shape index (κ1) is 14.0. The predicted molar refractivity (Wildman–Crippen MR) is 73.1 cm³/mol. The Morgan fingerprint density at radius 2 is 2.26 bits per heavy atom. The SMILES string of the molecule is COC1CCC(NCc2ccc(C)c([N+](=O)[O-])c2)C1. The van der Waals surface area contributed by atoms with Gasteiger partial charge in [-0.1, -0.05) is 12.1 Å². The highest BCUT2D eigenvalue weighted by atomic mass is 16.6. The smallest absolute Gasteiger partial charge is 0.272 e. The monoisotopic (exact) mass is 264 g/mol. The fourth-order valence-corrected chi connectivity index (χ4v) is 2.56. The number of aryl methyl sites for hydroxylation is 1. The molecule has 0 radical (unpaired) electrons. The molecule has 0 heterocycles. The van der Waals surface area contributed by atoms with Gasteiger partial charge in [0.25, 0.3) is 5.69 Å². The Kier molecular flexibility index (Phi) is 4.50. The second-order valence-electron chi connectivity index (χ2n) is 5.13. The normalized spacial score (nSPS) is 22.6. The summed E-state index contributed by atoms with van der Waals surface area (Å²) in [4.78, 5) is 10.6. The van der Waals surface area contributed by atoms with Crippen LogP contribution in [0.1, 0.15) is 30.4 Å². The Balaban J connectivity index is 1.93. The van der Waals surface area contributed by atoms with Crippen LogP contribution in [0.5, 0.6) is 0 Å². The average Bonchev–Trinajstić information content (AvgIpc) is 2.85.